The van der Waals surface area contributed by atoms with E-state index in [2.05, 4.69) is 0 Å². The van der Waals surface area contributed by atoms with Crippen molar-refractivity contribution in [3.63, 3.8) is 0 Å². The summed E-state index contributed by atoms with van der Waals surface area (Å²) in [6, 6.07) is 2.34. The number of hydrogen-bond acceptors (Lipinski definition) is 6. The molecular weight excluding hydrogens is 338 g/mol. The minimum absolute atomic E-state index is 0.0211. The van der Waals surface area contributed by atoms with Gasteiger partial charge in [-0.2, -0.15) is 0 Å². The number of fused-ring (bicyclic) bond motifs is 2. The van der Waals surface area contributed by atoms with Crippen LogP contribution in [-0.2, 0) is 19.1 Å². The minimum Gasteiger partial charge on any atom is -0.550 e. The zero-order valence-corrected chi connectivity index (χ0v) is 14.3. The molecule has 0 radical (unpaired) electrons. The molecule has 5 heterocycles. The van der Waals surface area contributed by atoms with Crippen LogP contribution in [0.3, 0.4) is 0 Å². The molecule has 0 N–H and O–H groups in total. The Hall–Kier alpha value is -2.41. The summed E-state index contributed by atoms with van der Waals surface area (Å²) in [6.07, 6.45) is 4.29. The van der Waals surface area contributed by atoms with E-state index in [1.54, 1.807) is 43.0 Å². The zero-order valence-electron chi connectivity index (χ0n) is 14.3. The number of furan rings is 1. The summed E-state index contributed by atoms with van der Waals surface area (Å²) in [5.74, 6) is -3.87. The molecule has 1 aromatic heterocycles. The Labute approximate surface area is 149 Å². The lowest BCUT2D eigenvalue weighted by Gasteiger charge is -2.46. The topological polar surface area (TPSA) is 99.9 Å². The van der Waals surface area contributed by atoms with E-state index >= 15 is 0 Å². The predicted molar refractivity (Wildman–Crippen MR) is 84.1 cm³/mol. The molecule has 7 heteroatoms. The summed E-state index contributed by atoms with van der Waals surface area (Å²) in [5.41, 5.74) is -1.09. The summed E-state index contributed by atoms with van der Waals surface area (Å²) in [6.45, 7) is 3.57. The molecule has 0 aliphatic carbocycles. The summed E-state index contributed by atoms with van der Waals surface area (Å²) >= 11 is 0. The summed E-state index contributed by atoms with van der Waals surface area (Å²) < 4.78 is 11.6. The maximum absolute atomic E-state index is 13.4. The van der Waals surface area contributed by atoms with Crippen LogP contribution in [0.4, 0.5) is 0 Å². The third kappa shape index (κ3) is 1.60. The fourth-order valence-corrected chi connectivity index (χ4v) is 5.64. The van der Waals surface area contributed by atoms with E-state index in [1.807, 2.05) is 0 Å². The van der Waals surface area contributed by atoms with Crippen LogP contribution in [0.15, 0.2) is 35.0 Å². The fraction of sp³-hybridized carbons (Fsp3) is 0.526. The van der Waals surface area contributed by atoms with Crippen molar-refractivity contribution >= 4 is 17.7 Å². The largest absolute Gasteiger partial charge is 0.550 e. The van der Waals surface area contributed by atoms with E-state index in [4.69, 9.17) is 9.15 Å². The highest BCUT2D eigenvalue weighted by Crippen LogP contribution is 2.60. The smallest absolute Gasteiger partial charge is 0.230 e. The highest BCUT2D eigenvalue weighted by atomic mass is 16.5. The highest BCUT2D eigenvalue weighted by Gasteiger charge is 2.73. The van der Waals surface area contributed by atoms with E-state index in [1.165, 1.54) is 6.26 Å². The Bertz CT molecular complexity index is 844. The molecule has 1 amide bonds. The van der Waals surface area contributed by atoms with Gasteiger partial charge in [0.25, 0.3) is 0 Å². The van der Waals surface area contributed by atoms with Crippen LogP contribution < -0.4 is 5.11 Å². The predicted octanol–water partition coefficient (Wildman–Crippen LogP) is 0.0761. The van der Waals surface area contributed by atoms with E-state index in [0.717, 1.165) is 0 Å². The lowest BCUT2D eigenvalue weighted by Crippen LogP contribution is -2.58. The molecule has 8 atom stereocenters. The first-order valence-corrected chi connectivity index (χ1v) is 8.86. The molecule has 1 spiro atoms. The Balaban J connectivity index is 1.69. The number of aliphatic carboxylic acids is 1. The standard InChI is InChI=1S/C19H19NO6/c1-8-14(11-4-3-7-25-11)20-16(9(2)15(8)21)19-6-5-10(26-19)12(18(23)24)13(19)17(20)22/h3-10,12-14,16H,1-2H3,(H,23,24)/p-1/t8-,9-,10+,12-,13-,14+,16+,19-/m0/s1. The Morgan fingerprint density at radius 2 is 2.04 bits per heavy atom. The molecule has 3 fully saturated rings. The van der Waals surface area contributed by atoms with E-state index in [0.29, 0.717) is 5.76 Å². The second-order valence-corrected chi connectivity index (χ2v) is 7.75. The number of carbonyl (C=O) groups excluding carboxylic acids is 3. The molecule has 5 rings (SSSR count). The lowest BCUT2D eigenvalue weighted by molar-refractivity contribution is -0.313. The van der Waals surface area contributed by atoms with Crippen LogP contribution in [0, 0.1) is 23.7 Å². The number of ketones is 1. The molecule has 0 aromatic carbocycles. The number of nitrogens with zero attached hydrogens (tertiary/aromatic N) is 1. The van der Waals surface area contributed by atoms with Crippen molar-refractivity contribution < 1.29 is 28.6 Å². The molecule has 0 saturated carbocycles. The van der Waals surface area contributed by atoms with Crippen LogP contribution in [0.1, 0.15) is 25.6 Å². The summed E-state index contributed by atoms with van der Waals surface area (Å²) in [4.78, 5) is 39.7. The van der Waals surface area contributed by atoms with Crippen molar-refractivity contribution in [2.24, 2.45) is 23.7 Å². The lowest BCUT2D eigenvalue weighted by atomic mass is 9.69. The highest BCUT2D eigenvalue weighted by molar-refractivity contribution is 5.95. The van der Waals surface area contributed by atoms with Gasteiger partial charge in [0.05, 0.1) is 30.4 Å². The number of rotatable bonds is 2. The van der Waals surface area contributed by atoms with Gasteiger partial charge in [-0.1, -0.05) is 26.0 Å². The van der Waals surface area contributed by atoms with Gasteiger partial charge in [0.2, 0.25) is 5.91 Å². The van der Waals surface area contributed by atoms with Gasteiger partial charge < -0.3 is 24.0 Å². The first kappa shape index (κ1) is 15.8. The number of carbonyl (C=O) groups is 3. The van der Waals surface area contributed by atoms with Crippen molar-refractivity contribution in [3.8, 4) is 0 Å². The number of hydrogen-bond donors (Lipinski definition) is 0. The second-order valence-electron chi connectivity index (χ2n) is 7.75. The van der Waals surface area contributed by atoms with Gasteiger partial charge in [-0.25, -0.2) is 0 Å². The Morgan fingerprint density at radius 3 is 2.69 bits per heavy atom. The van der Waals surface area contributed by atoms with Crippen molar-refractivity contribution in [1.29, 1.82) is 0 Å². The molecule has 3 saturated heterocycles. The van der Waals surface area contributed by atoms with Crippen LogP contribution in [0.2, 0.25) is 0 Å². The first-order chi connectivity index (χ1) is 12.4. The van der Waals surface area contributed by atoms with Crippen LogP contribution in [0.5, 0.6) is 0 Å². The fourth-order valence-electron chi connectivity index (χ4n) is 5.64. The van der Waals surface area contributed by atoms with Gasteiger partial charge in [0.15, 0.2) is 0 Å². The molecule has 7 nitrogen and oxygen atoms in total. The third-order valence-corrected chi connectivity index (χ3v) is 6.62. The number of Topliss-reactive ketones (excluding diaryl/α,β-unsaturated/α-hetero) is 1. The molecule has 1 aromatic rings. The van der Waals surface area contributed by atoms with Crippen LogP contribution in [0.25, 0.3) is 0 Å². The van der Waals surface area contributed by atoms with E-state index in [9.17, 15) is 19.5 Å². The SMILES string of the molecule is C[C@@H]1C(=O)[C@H](C)[C@H]2N(C(=O)[C@@H]3[C@@H](C(=O)[O-])[C@H]4C=C[C@]32O4)[C@H]1c1ccco1. The summed E-state index contributed by atoms with van der Waals surface area (Å²) in [7, 11) is 0. The third-order valence-electron chi connectivity index (χ3n) is 6.62. The molecular formula is C19H18NO6-. The molecule has 136 valence electrons. The maximum Gasteiger partial charge on any atom is 0.230 e. The van der Waals surface area contributed by atoms with Gasteiger partial charge in [0, 0.05) is 23.7 Å². The average molecular weight is 356 g/mol. The van der Waals surface area contributed by atoms with Crippen LogP contribution in [-0.4, -0.2) is 40.3 Å². The molecule has 0 unspecified atom stereocenters. The van der Waals surface area contributed by atoms with Crippen molar-refractivity contribution in [2.75, 3.05) is 0 Å². The second kappa shape index (κ2) is 4.85. The Morgan fingerprint density at radius 1 is 1.27 bits per heavy atom. The number of carboxylic acids is 1. The van der Waals surface area contributed by atoms with Gasteiger partial charge in [-0.05, 0) is 12.1 Å². The van der Waals surface area contributed by atoms with E-state index in [-0.39, 0.29) is 11.7 Å². The van der Waals surface area contributed by atoms with Gasteiger partial charge in [-0.15, -0.1) is 0 Å². The minimum atomic E-state index is -1.29. The molecule has 4 aliphatic rings. The van der Waals surface area contributed by atoms with Gasteiger partial charge >= 0.3 is 0 Å². The number of carboxylic acid groups (broad SMARTS) is 1. The van der Waals surface area contributed by atoms with Gasteiger partial charge in [0.1, 0.15) is 17.1 Å². The number of piperidine rings is 1. The van der Waals surface area contributed by atoms with E-state index < -0.39 is 53.4 Å². The van der Waals surface area contributed by atoms with Crippen molar-refractivity contribution in [2.45, 2.75) is 37.6 Å². The zero-order chi connectivity index (χ0) is 18.4. The Kier molecular flexibility index (Phi) is 2.95. The normalized spacial score (nSPS) is 45.9. The van der Waals surface area contributed by atoms with Crippen molar-refractivity contribution in [3.05, 3.63) is 36.3 Å². The maximum atomic E-state index is 13.4. The number of ether oxygens (including phenoxy) is 1. The molecule has 26 heavy (non-hydrogen) atoms. The monoisotopic (exact) mass is 356 g/mol. The number of amides is 1. The van der Waals surface area contributed by atoms with Gasteiger partial charge in [-0.3, -0.25) is 9.59 Å². The quantitative estimate of drug-likeness (QED) is 0.696. The first-order valence-electron chi connectivity index (χ1n) is 8.86. The molecule has 4 aliphatic heterocycles. The average Bonchev–Trinajstić information content (AvgIpc) is 3.35. The summed E-state index contributed by atoms with van der Waals surface area (Å²) in [5, 5.41) is 11.7. The van der Waals surface area contributed by atoms with Crippen LogP contribution >= 0.6 is 0 Å². The van der Waals surface area contributed by atoms with Crippen molar-refractivity contribution in [1.82, 2.24) is 4.90 Å². The molecule has 2 bridgehead atoms.